The number of amides is 1. The number of nitrogens with zero attached hydrogens (tertiary/aromatic N) is 3. The minimum atomic E-state index is -0.376. The molecule has 2 aromatic carbocycles. The second-order valence-electron chi connectivity index (χ2n) is 7.30. The van der Waals surface area contributed by atoms with Crippen molar-refractivity contribution in [3.63, 3.8) is 0 Å². The molecular formula is C23H22BrN3O4S. The molecule has 1 amide bonds. The van der Waals surface area contributed by atoms with E-state index in [0.717, 1.165) is 20.8 Å². The van der Waals surface area contributed by atoms with Crippen LogP contribution < -0.4 is 19.1 Å². The highest BCUT2D eigenvalue weighted by Crippen LogP contribution is 2.47. The molecule has 0 bridgehead atoms. The van der Waals surface area contributed by atoms with Crippen LogP contribution >= 0.6 is 27.7 Å². The highest BCUT2D eigenvalue weighted by atomic mass is 79.9. The first-order chi connectivity index (χ1) is 15.5. The number of halogens is 1. The average molecular weight is 516 g/mol. The Bertz CT molecular complexity index is 1090. The van der Waals surface area contributed by atoms with E-state index in [-0.39, 0.29) is 18.2 Å². The van der Waals surface area contributed by atoms with Crippen molar-refractivity contribution in [2.24, 2.45) is 0 Å². The second kappa shape index (κ2) is 9.35. The molecule has 0 aromatic heterocycles. The van der Waals surface area contributed by atoms with Gasteiger partial charge in [-0.05, 0) is 42.0 Å². The smallest absolute Gasteiger partial charge is 0.229 e. The first-order valence-corrected chi connectivity index (χ1v) is 11.7. The van der Waals surface area contributed by atoms with Gasteiger partial charge in [-0.25, -0.2) is 0 Å². The number of rotatable bonds is 5. The van der Waals surface area contributed by atoms with Gasteiger partial charge in [-0.3, -0.25) is 9.69 Å². The minimum Gasteiger partial charge on any atom is -0.493 e. The quantitative estimate of drug-likeness (QED) is 0.571. The van der Waals surface area contributed by atoms with Gasteiger partial charge in [0.15, 0.2) is 11.5 Å². The van der Waals surface area contributed by atoms with E-state index < -0.39 is 0 Å². The Morgan fingerprint density at radius 1 is 1.09 bits per heavy atom. The van der Waals surface area contributed by atoms with Crippen LogP contribution in [0, 0.1) is 11.3 Å². The fourth-order valence-corrected chi connectivity index (χ4v) is 5.40. The van der Waals surface area contributed by atoms with Gasteiger partial charge < -0.3 is 19.1 Å². The number of carbonyl (C=O) groups is 1. The number of fused-ring (bicyclic) bond motifs is 1. The number of allylic oxidation sites excluding steroid dienone is 1. The van der Waals surface area contributed by atoms with Gasteiger partial charge in [-0.15, -0.1) is 0 Å². The standard InChI is InChI=1S/C23H22BrN3O4S/c1-29-19-8-14(9-20(30-2)22(19)31-3)17-10-21(28)27-12-26(13-32-23(27)18(17)11-25)16-6-4-15(24)5-7-16/h4-9,17H,10,12-13H2,1-3H3/t17-/m1/s1. The average Bonchev–Trinajstić information content (AvgIpc) is 2.83. The van der Waals surface area contributed by atoms with Crippen LogP contribution in [-0.4, -0.2) is 44.7 Å². The van der Waals surface area contributed by atoms with Crippen molar-refractivity contribution in [3.8, 4) is 23.3 Å². The van der Waals surface area contributed by atoms with Crippen LogP contribution in [-0.2, 0) is 4.79 Å². The molecule has 2 aromatic rings. The van der Waals surface area contributed by atoms with Gasteiger partial charge in [0, 0.05) is 22.5 Å². The van der Waals surface area contributed by atoms with Gasteiger partial charge in [-0.1, -0.05) is 27.7 Å². The summed E-state index contributed by atoms with van der Waals surface area (Å²) in [6.45, 7) is 0.413. The molecule has 7 nitrogen and oxygen atoms in total. The van der Waals surface area contributed by atoms with Crippen molar-refractivity contribution in [3.05, 3.63) is 57.0 Å². The second-order valence-corrected chi connectivity index (χ2v) is 9.15. The van der Waals surface area contributed by atoms with Crippen molar-refractivity contribution in [2.75, 3.05) is 38.8 Å². The van der Waals surface area contributed by atoms with Crippen molar-refractivity contribution < 1.29 is 19.0 Å². The maximum Gasteiger partial charge on any atom is 0.229 e. The Balaban J connectivity index is 1.70. The van der Waals surface area contributed by atoms with Crippen LogP contribution in [0.4, 0.5) is 5.69 Å². The summed E-state index contributed by atoms with van der Waals surface area (Å²) in [5.74, 6) is 1.72. The molecule has 2 aliphatic rings. The third-order valence-electron chi connectivity index (χ3n) is 5.57. The summed E-state index contributed by atoms with van der Waals surface area (Å²) in [6, 6.07) is 14.0. The van der Waals surface area contributed by atoms with Gasteiger partial charge in [-0.2, -0.15) is 5.26 Å². The molecule has 1 atom stereocenters. The number of carbonyl (C=O) groups excluding carboxylic acids is 1. The van der Waals surface area contributed by atoms with E-state index in [1.54, 1.807) is 26.2 Å². The maximum absolute atomic E-state index is 13.2. The third-order valence-corrected chi connectivity index (χ3v) is 7.26. The largest absolute Gasteiger partial charge is 0.493 e. The third kappa shape index (κ3) is 4.00. The number of nitriles is 1. The maximum atomic E-state index is 13.2. The number of thioether (sulfide) groups is 1. The lowest BCUT2D eigenvalue weighted by Crippen LogP contribution is -2.47. The van der Waals surface area contributed by atoms with Crippen molar-refractivity contribution in [1.29, 1.82) is 5.26 Å². The predicted molar refractivity (Wildman–Crippen MR) is 127 cm³/mol. The zero-order chi connectivity index (χ0) is 22.8. The molecular weight excluding hydrogens is 494 g/mol. The van der Waals surface area contributed by atoms with Gasteiger partial charge in [0.25, 0.3) is 0 Å². The number of anilines is 1. The molecule has 2 heterocycles. The minimum absolute atomic E-state index is 0.0212. The molecule has 1 fully saturated rings. The van der Waals surface area contributed by atoms with Gasteiger partial charge in [0.1, 0.15) is 0 Å². The summed E-state index contributed by atoms with van der Waals surface area (Å²) in [7, 11) is 4.64. The normalized spacial score (nSPS) is 18.2. The highest BCUT2D eigenvalue weighted by Gasteiger charge is 2.39. The number of benzene rings is 2. The van der Waals surface area contributed by atoms with E-state index >= 15 is 0 Å². The lowest BCUT2D eigenvalue weighted by atomic mass is 9.86. The topological polar surface area (TPSA) is 75.0 Å². The monoisotopic (exact) mass is 515 g/mol. The summed E-state index contributed by atoms with van der Waals surface area (Å²) in [4.78, 5) is 17.0. The summed E-state index contributed by atoms with van der Waals surface area (Å²) >= 11 is 4.96. The SMILES string of the molecule is COc1cc([C@H]2CC(=O)N3CN(c4ccc(Br)cc4)CSC3=C2C#N)cc(OC)c1OC. The Morgan fingerprint density at radius 3 is 2.31 bits per heavy atom. The summed E-state index contributed by atoms with van der Waals surface area (Å²) in [5.41, 5.74) is 2.39. The zero-order valence-corrected chi connectivity index (χ0v) is 20.3. The van der Waals surface area contributed by atoms with Crippen LogP contribution in [0.3, 0.4) is 0 Å². The first kappa shape index (κ1) is 22.4. The van der Waals surface area contributed by atoms with Gasteiger partial charge >= 0.3 is 0 Å². The van der Waals surface area contributed by atoms with Gasteiger partial charge in [0.05, 0.1) is 50.5 Å². The van der Waals surface area contributed by atoms with E-state index in [0.29, 0.717) is 35.4 Å². The van der Waals surface area contributed by atoms with Crippen LogP contribution in [0.5, 0.6) is 17.2 Å². The number of methoxy groups -OCH3 is 3. The van der Waals surface area contributed by atoms with Crippen LogP contribution in [0.25, 0.3) is 0 Å². The molecule has 0 spiro atoms. The zero-order valence-electron chi connectivity index (χ0n) is 17.9. The Kier molecular flexibility index (Phi) is 6.53. The Hall–Kier alpha value is -2.83. The van der Waals surface area contributed by atoms with Crippen molar-refractivity contribution in [2.45, 2.75) is 12.3 Å². The molecule has 0 saturated carbocycles. The van der Waals surface area contributed by atoms with Crippen LogP contribution in [0.1, 0.15) is 17.9 Å². The lowest BCUT2D eigenvalue weighted by molar-refractivity contribution is -0.129. The van der Waals surface area contributed by atoms with E-state index in [4.69, 9.17) is 14.2 Å². The van der Waals surface area contributed by atoms with E-state index in [2.05, 4.69) is 26.9 Å². The fourth-order valence-electron chi connectivity index (χ4n) is 3.96. The van der Waals surface area contributed by atoms with Gasteiger partial charge in [0.2, 0.25) is 11.7 Å². The van der Waals surface area contributed by atoms with E-state index in [9.17, 15) is 10.1 Å². The summed E-state index contributed by atoms with van der Waals surface area (Å²) < 4.78 is 17.3. The first-order valence-electron chi connectivity index (χ1n) is 9.88. The molecule has 4 rings (SSSR count). The van der Waals surface area contributed by atoms with Crippen LogP contribution in [0.2, 0.25) is 0 Å². The molecule has 0 radical (unpaired) electrons. The fraction of sp³-hybridized carbons (Fsp3) is 0.304. The molecule has 166 valence electrons. The lowest BCUT2D eigenvalue weighted by Gasteiger charge is -2.42. The number of hydrogen-bond donors (Lipinski definition) is 0. The molecule has 0 N–H and O–H groups in total. The van der Waals surface area contributed by atoms with Crippen LogP contribution in [0.15, 0.2) is 51.5 Å². The molecule has 2 aliphatic heterocycles. The van der Waals surface area contributed by atoms with E-state index in [1.165, 1.54) is 11.8 Å². The highest BCUT2D eigenvalue weighted by molar-refractivity contribution is 9.10. The van der Waals surface area contributed by atoms with Crippen molar-refractivity contribution in [1.82, 2.24) is 4.90 Å². The van der Waals surface area contributed by atoms with Crippen molar-refractivity contribution >= 4 is 39.3 Å². The molecule has 0 unspecified atom stereocenters. The number of hydrogen-bond acceptors (Lipinski definition) is 7. The number of ether oxygens (including phenoxy) is 3. The molecule has 9 heteroatoms. The van der Waals surface area contributed by atoms with E-state index in [1.807, 2.05) is 36.4 Å². The summed E-state index contributed by atoms with van der Waals surface area (Å²) in [5, 5.41) is 10.8. The molecule has 32 heavy (non-hydrogen) atoms. The predicted octanol–water partition coefficient (Wildman–Crippen LogP) is 4.69. The Labute approximate surface area is 199 Å². The molecule has 1 saturated heterocycles. The molecule has 0 aliphatic carbocycles. The Morgan fingerprint density at radius 2 is 1.75 bits per heavy atom. The summed E-state index contributed by atoms with van der Waals surface area (Å²) in [6.07, 6.45) is 0.194.